The lowest BCUT2D eigenvalue weighted by Crippen LogP contribution is -2.09. The van der Waals surface area contributed by atoms with Gasteiger partial charge in [-0.15, -0.1) is 0 Å². The number of hydrogen-bond donors (Lipinski definition) is 0. The fourth-order valence-corrected chi connectivity index (χ4v) is 6.11. The summed E-state index contributed by atoms with van der Waals surface area (Å²) in [6.45, 7) is 2.11. The highest BCUT2D eigenvalue weighted by atomic mass is 32.2. The Morgan fingerprint density at radius 3 is 2.27 bits per heavy atom. The van der Waals surface area contributed by atoms with Crippen molar-refractivity contribution in [2.45, 2.75) is 24.7 Å². The molecule has 0 radical (unpaired) electrons. The maximum absolute atomic E-state index is 13.5. The molecule has 0 atom stereocenters. The van der Waals surface area contributed by atoms with Gasteiger partial charge in [0.15, 0.2) is 0 Å². The molecule has 5 aromatic rings. The van der Waals surface area contributed by atoms with Gasteiger partial charge in [0.2, 0.25) is 0 Å². The summed E-state index contributed by atoms with van der Waals surface area (Å²) in [4.78, 5) is 7.11. The van der Waals surface area contributed by atoms with E-state index in [1.165, 1.54) is 44.3 Å². The van der Waals surface area contributed by atoms with Gasteiger partial charge in [-0.3, -0.25) is 4.99 Å². The molecule has 1 heterocycles. The molecule has 1 aliphatic carbocycles. The Hall–Kier alpha value is -4.35. The highest BCUT2D eigenvalue weighted by Gasteiger charge is 2.26. The van der Waals surface area contributed by atoms with Crippen molar-refractivity contribution in [3.8, 4) is 22.7 Å². The second-order valence-corrected chi connectivity index (χ2v) is 10.9. The van der Waals surface area contributed by atoms with Crippen molar-refractivity contribution in [3.63, 3.8) is 0 Å². The predicted octanol–water partition coefficient (Wildman–Crippen LogP) is 9.45. The number of benzene rings is 4. The van der Waals surface area contributed by atoms with Crippen LogP contribution in [0.15, 0.2) is 125 Å². The molecular formula is C35H29FN2OS. The van der Waals surface area contributed by atoms with Gasteiger partial charge in [-0.05, 0) is 97.6 Å². The molecular weight excluding hydrogens is 515 g/mol. The van der Waals surface area contributed by atoms with Crippen LogP contribution < -0.4 is 4.74 Å². The molecule has 3 nitrogen and oxygen atoms in total. The van der Waals surface area contributed by atoms with Gasteiger partial charge in [0, 0.05) is 33.0 Å². The number of aliphatic imine (C=N–C) groups is 1. The van der Waals surface area contributed by atoms with Gasteiger partial charge in [-0.1, -0.05) is 59.8 Å². The van der Waals surface area contributed by atoms with Crippen molar-refractivity contribution in [2.75, 3.05) is 7.11 Å². The average Bonchev–Trinajstić information content (AvgIpc) is 3.39. The van der Waals surface area contributed by atoms with E-state index in [1.54, 1.807) is 31.0 Å². The van der Waals surface area contributed by atoms with Crippen molar-refractivity contribution in [3.05, 3.63) is 137 Å². The van der Waals surface area contributed by atoms with E-state index in [0.29, 0.717) is 0 Å². The number of allylic oxidation sites excluding steroid dienone is 1. The number of aromatic nitrogens is 1. The maximum atomic E-state index is 13.5. The van der Waals surface area contributed by atoms with E-state index < -0.39 is 0 Å². The van der Waals surface area contributed by atoms with Crippen LogP contribution in [-0.2, 0) is 6.42 Å². The first kappa shape index (κ1) is 25.9. The Morgan fingerprint density at radius 2 is 1.57 bits per heavy atom. The normalized spacial score (nSPS) is 13.1. The molecule has 1 aromatic heterocycles. The number of halogens is 1. The van der Waals surface area contributed by atoms with Gasteiger partial charge < -0.3 is 9.30 Å². The van der Waals surface area contributed by atoms with Crippen LogP contribution in [0.1, 0.15) is 23.2 Å². The van der Waals surface area contributed by atoms with Crippen LogP contribution >= 0.6 is 11.8 Å². The van der Waals surface area contributed by atoms with Crippen LogP contribution in [0.25, 0.3) is 21.8 Å². The number of hydrogen-bond acceptors (Lipinski definition) is 3. The van der Waals surface area contributed by atoms with Crippen molar-refractivity contribution in [1.82, 2.24) is 4.57 Å². The van der Waals surface area contributed by atoms with E-state index in [2.05, 4.69) is 78.2 Å². The summed E-state index contributed by atoms with van der Waals surface area (Å²) < 4.78 is 21.3. The predicted molar refractivity (Wildman–Crippen MR) is 165 cm³/mol. The standard InChI is InChI=1S/C35H29FN2OS/c1-24-8-19-31(20-9-24)40-35-26(23-37-28-13-11-27(36)12-14-28)10-21-33-32(35)22-34(25-6-4-3-5-7-25)38(33)29-15-17-30(39-2)18-16-29/h3-9,11-20,22-23H,10,21H2,1-2H3. The summed E-state index contributed by atoms with van der Waals surface area (Å²) in [5.41, 5.74) is 9.05. The smallest absolute Gasteiger partial charge is 0.123 e. The topological polar surface area (TPSA) is 26.5 Å². The van der Waals surface area contributed by atoms with Crippen LogP contribution in [-0.4, -0.2) is 17.9 Å². The molecule has 0 fully saturated rings. The van der Waals surface area contributed by atoms with Gasteiger partial charge in [-0.2, -0.15) is 0 Å². The Kier molecular flexibility index (Phi) is 7.39. The molecule has 198 valence electrons. The van der Waals surface area contributed by atoms with E-state index in [9.17, 15) is 4.39 Å². The molecule has 4 aromatic carbocycles. The summed E-state index contributed by atoms with van der Waals surface area (Å²) in [5, 5.41) is 0. The third-order valence-electron chi connectivity index (χ3n) is 7.11. The Bertz CT molecular complexity index is 1680. The maximum Gasteiger partial charge on any atom is 0.123 e. The van der Waals surface area contributed by atoms with E-state index >= 15 is 0 Å². The molecule has 6 rings (SSSR count). The molecule has 0 bridgehead atoms. The van der Waals surface area contributed by atoms with Crippen LogP contribution in [0.2, 0.25) is 0 Å². The highest BCUT2D eigenvalue weighted by molar-refractivity contribution is 8.08. The fourth-order valence-electron chi connectivity index (χ4n) is 5.03. The average molecular weight is 545 g/mol. The molecule has 0 unspecified atom stereocenters. The second kappa shape index (κ2) is 11.4. The first-order valence-corrected chi connectivity index (χ1v) is 14.1. The summed E-state index contributed by atoms with van der Waals surface area (Å²) in [7, 11) is 1.69. The quantitative estimate of drug-likeness (QED) is 0.191. The number of methoxy groups -OCH3 is 1. The summed E-state index contributed by atoms with van der Waals surface area (Å²) in [6.07, 6.45) is 3.68. The number of aryl methyl sites for hydroxylation is 1. The van der Waals surface area contributed by atoms with Crippen LogP contribution in [0.4, 0.5) is 10.1 Å². The van der Waals surface area contributed by atoms with Gasteiger partial charge in [0.25, 0.3) is 0 Å². The molecule has 0 spiro atoms. The summed E-state index contributed by atoms with van der Waals surface area (Å²) in [5.74, 6) is 0.574. The first-order valence-electron chi connectivity index (χ1n) is 13.3. The minimum absolute atomic E-state index is 0.260. The molecule has 0 saturated heterocycles. The van der Waals surface area contributed by atoms with Gasteiger partial charge in [0.1, 0.15) is 11.6 Å². The number of ether oxygens (including phenoxy) is 1. The van der Waals surface area contributed by atoms with E-state index in [0.717, 1.165) is 41.2 Å². The van der Waals surface area contributed by atoms with E-state index in [4.69, 9.17) is 9.73 Å². The SMILES string of the molecule is COc1ccc(-n2c(-c3ccccc3)cc3c2CCC(C=Nc2ccc(F)cc2)=C3Sc2ccc(C)cc2)cc1. The van der Waals surface area contributed by atoms with E-state index in [1.807, 2.05) is 24.4 Å². The van der Waals surface area contributed by atoms with Gasteiger partial charge in [0.05, 0.1) is 18.5 Å². The minimum atomic E-state index is -0.260. The molecule has 0 aliphatic heterocycles. The lowest BCUT2D eigenvalue weighted by atomic mass is 9.97. The van der Waals surface area contributed by atoms with Crippen molar-refractivity contribution < 1.29 is 9.13 Å². The lowest BCUT2D eigenvalue weighted by Gasteiger charge is -2.21. The Labute approximate surface area is 238 Å². The molecule has 0 saturated carbocycles. The van der Waals surface area contributed by atoms with Crippen molar-refractivity contribution >= 4 is 28.6 Å². The number of thioether (sulfide) groups is 1. The zero-order valence-electron chi connectivity index (χ0n) is 22.5. The third kappa shape index (κ3) is 5.38. The van der Waals surface area contributed by atoms with Gasteiger partial charge in [-0.25, -0.2) is 4.39 Å². The largest absolute Gasteiger partial charge is 0.497 e. The minimum Gasteiger partial charge on any atom is -0.497 e. The zero-order chi connectivity index (χ0) is 27.5. The van der Waals surface area contributed by atoms with Crippen LogP contribution in [0.5, 0.6) is 5.75 Å². The van der Waals surface area contributed by atoms with E-state index in [-0.39, 0.29) is 5.82 Å². The molecule has 40 heavy (non-hydrogen) atoms. The second-order valence-electron chi connectivity index (χ2n) is 9.79. The zero-order valence-corrected chi connectivity index (χ0v) is 23.3. The highest BCUT2D eigenvalue weighted by Crippen LogP contribution is 2.46. The molecule has 0 N–H and O–H groups in total. The lowest BCUT2D eigenvalue weighted by molar-refractivity contribution is 0.414. The molecule has 1 aliphatic rings. The summed E-state index contributed by atoms with van der Waals surface area (Å²) >= 11 is 1.78. The monoisotopic (exact) mass is 544 g/mol. The number of fused-ring (bicyclic) bond motifs is 1. The first-order chi connectivity index (χ1) is 19.6. The van der Waals surface area contributed by atoms with Crippen LogP contribution in [0.3, 0.4) is 0 Å². The van der Waals surface area contributed by atoms with Crippen molar-refractivity contribution in [2.24, 2.45) is 4.99 Å². The van der Waals surface area contributed by atoms with Crippen LogP contribution in [0, 0.1) is 12.7 Å². The van der Waals surface area contributed by atoms with Gasteiger partial charge >= 0.3 is 0 Å². The summed E-state index contributed by atoms with van der Waals surface area (Å²) in [6, 6.07) is 36.1. The number of nitrogens with zero attached hydrogens (tertiary/aromatic N) is 2. The van der Waals surface area contributed by atoms with Crippen molar-refractivity contribution in [1.29, 1.82) is 0 Å². The molecule has 5 heteroatoms. The fraction of sp³-hybridized carbons (Fsp3) is 0.114. The number of rotatable bonds is 7. The third-order valence-corrected chi connectivity index (χ3v) is 8.30. The Morgan fingerprint density at radius 1 is 0.850 bits per heavy atom. The molecule has 0 amide bonds. The Balaban J connectivity index is 1.52.